The Bertz CT molecular complexity index is 461. The molecule has 0 aliphatic carbocycles. The Morgan fingerprint density at radius 3 is 2.94 bits per heavy atom. The van der Waals surface area contributed by atoms with Gasteiger partial charge in [-0.3, -0.25) is 4.79 Å². The van der Waals surface area contributed by atoms with Crippen molar-refractivity contribution in [2.24, 2.45) is 11.1 Å². The summed E-state index contributed by atoms with van der Waals surface area (Å²) in [4.78, 5) is 16.5. The lowest BCUT2D eigenvalue weighted by molar-refractivity contribution is 0.0768. The van der Waals surface area contributed by atoms with Gasteiger partial charge < -0.3 is 16.2 Å². The Balaban J connectivity index is 2.40. The van der Waals surface area contributed by atoms with Gasteiger partial charge in [0.15, 0.2) is 5.78 Å². The summed E-state index contributed by atoms with van der Waals surface area (Å²) in [5, 5.41) is 0. The fourth-order valence-electron chi connectivity index (χ4n) is 1.99. The smallest absolute Gasteiger partial charge is 0.176 e. The second kappa shape index (κ2) is 4.09. The number of nitrogen functional groups attached to an aromatic ring is 1. The fraction of sp³-hybridized carbons (Fsp3) is 0.500. The highest BCUT2D eigenvalue weighted by Gasteiger charge is 2.45. The quantitative estimate of drug-likeness (QED) is 0.729. The molecule has 2 rings (SSSR count). The van der Waals surface area contributed by atoms with Crippen LogP contribution in [0.3, 0.4) is 0 Å². The molecule has 1 aliphatic heterocycles. The molecule has 1 aromatic rings. The highest BCUT2D eigenvalue weighted by atomic mass is 16.5. The first-order chi connectivity index (χ1) is 7.95. The second-order valence-corrected chi connectivity index (χ2v) is 4.81. The topological polar surface area (TPSA) is 91.2 Å². The summed E-state index contributed by atoms with van der Waals surface area (Å²) in [7, 11) is 0. The lowest BCUT2D eigenvalue weighted by Gasteiger charge is -2.25. The van der Waals surface area contributed by atoms with Crippen molar-refractivity contribution in [3.63, 3.8) is 0 Å². The van der Waals surface area contributed by atoms with E-state index in [1.165, 1.54) is 0 Å². The second-order valence-electron chi connectivity index (χ2n) is 4.81. The molecular weight excluding hydrogens is 218 g/mol. The normalized spacial score (nSPS) is 28.3. The number of ketones is 1. The minimum Gasteiger partial charge on any atom is -0.383 e. The molecule has 0 amide bonds. The molecule has 0 radical (unpaired) electrons. The van der Waals surface area contributed by atoms with E-state index in [2.05, 4.69) is 4.98 Å². The predicted octanol–water partition coefficient (Wildman–Crippen LogP) is 0.519. The van der Waals surface area contributed by atoms with Crippen LogP contribution in [0.1, 0.15) is 22.8 Å². The average molecular weight is 235 g/mol. The zero-order valence-corrected chi connectivity index (χ0v) is 10.1. The molecule has 2 unspecified atom stereocenters. The van der Waals surface area contributed by atoms with E-state index < -0.39 is 5.41 Å². The van der Waals surface area contributed by atoms with Crippen LogP contribution in [0.25, 0.3) is 0 Å². The minimum absolute atomic E-state index is 0.0869. The van der Waals surface area contributed by atoms with Crippen molar-refractivity contribution in [3.8, 4) is 0 Å². The van der Waals surface area contributed by atoms with E-state index >= 15 is 0 Å². The number of nitrogens with two attached hydrogens (primary N) is 2. The van der Waals surface area contributed by atoms with Crippen LogP contribution in [0, 0.1) is 12.3 Å². The third kappa shape index (κ3) is 1.92. The van der Waals surface area contributed by atoms with Crippen molar-refractivity contribution >= 4 is 11.6 Å². The Hall–Kier alpha value is -1.46. The van der Waals surface area contributed by atoms with Crippen LogP contribution in [0.4, 0.5) is 5.82 Å². The van der Waals surface area contributed by atoms with Crippen LogP contribution in [0.15, 0.2) is 12.3 Å². The van der Waals surface area contributed by atoms with Gasteiger partial charge in [-0.2, -0.15) is 0 Å². The molecule has 0 bridgehead atoms. The lowest BCUT2D eigenvalue weighted by Crippen LogP contribution is -2.44. The number of hydrogen-bond acceptors (Lipinski definition) is 5. The van der Waals surface area contributed by atoms with Crippen molar-refractivity contribution in [2.75, 3.05) is 18.9 Å². The fourth-order valence-corrected chi connectivity index (χ4v) is 1.99. The summed E-state index contributed by atoms with van der Waals surface area (Å²) in [6.07, 6.45) is 1.64. The number of anilines is 1. The predicted molar refractivity (Wildman–Crippen MR) is 64.6 cm³/mol. The maximum absolute atomic E-state index is 12.5. The zero-order chi connectivity index (χ0) is 12.6. The molecule has 1 aliphatic rings. The van der Waals surface area contributed by atoms with Gasteiger partial charge in [-0.05, 0) is 25.5 Å². The van der Waals surface area contributed by atoms with Crippen LogP contribution in [0.2, 0.25) is 0 Å². The number of carbonyl (C=O) groups is 1. The summed E-state index contributed by atoms with van der Waals surface area (Å²) < 4.78 is 5.28. The van der Waals surface area contributed by atoms with Crippen LogP contribution >= 0.6 is 0 Å². The highest BCUT2D eigenvalue weighted by Crippen LogP contribution is 2.32. The first kappa shape index (κ1) is 12.0. The van der Waals surface area contributed by atoms with Gasteiger partial charge in [0.05, 0.1) is 24.2 Å². The van der Waals surface area contributed by atoms with E-state index in [0.29, 0.717) is 18.8 Å². The summed E-state index contributed by atoms with van der Waals surface area (Å²) in [6.45, 7) is 4.42. The van der Waals surface area contributed by atoms with E-state index in [1.54, 1.807) is 12.3 Å². The number of carbonyl (C=O) groups excluding carboxylic acids is 1. The molecular formula is C12H17N3O2. The molecule has 5 heteroatoms. The Labute approximate surface area is 100 Å². The summed E-state index contributed by atoms with van der Waals surface area (Å²) in [5.74, 6) is 0.164. The minimum atomic E-state index is -0.705. The third-order valence-electron chi connectivity index (χ3n) is 3.34. The van der Waals surface area contributed by atoms with Gasteiger partial charge >= 0.3 is 0 Å². The van der Waals surface area contributed by atoms with Crippen molar-refractivity contribution in [3.05, 3.63) is 23.4 Å². The number of nitrogens with zero attached hydrogens (tertiary/aromatic N) is 1. The molecule has 0 aromatic carbocycles. The highest BCUT2D eigenvalue weighted by molar-refractivity contribution is 6.04. The van der Waals surface area contributed by atoms with E-state index in [4.69, 9.17) is 16.2 Å². The van der Waals surface area contributed by atoms with Gasteiger partial charge in [-0.25, -0.2) is 4.98 Å². The lowest BCUT2D eigenvalue weighted by atomic mass is 9.78. The van der Waals surface area contributed by atoms with Crippen LogP contribution in [0.5, 0.6) is 0 Å². The summed E-state index contributed by atoms with van der Waals surface area (Å²) in [6, 6.07) is 1.45. The van der Waals surface area contributed by atoms with Gasteiger partial charge in [0.2, 0.25) is 0 Å². The molecule has 1 saturated heterocycles. The molecule has 0 saturated carbocycles. The SMILES string of the molecule is Cc1cnc(N)c(C(=O)C2(C)COCC2N)c1. The van der Waals surface area contributed by atoms with Crippen LogP contribution in [-0.2, 0) is 4.74 Å². The number of rotatable bonds is 2. The molecule has 1 aromatic heterocycles. The maximum atomic E-state index is 12.5. The number of aryl methyl sites for hydroxylation is 1. The van der Waals surface area contributed by atoms with E-state index in [0.717, 1.165) is 5.56 Å². The molecule has 17 heavy (non-hydrogen) atoms. The monoisotopic (exact) mass is 235 g/mol. The van der Waals surface area contributed by atoms with Crippen molar-refractivity contribution in [2.45, 2.75) is 19.9 Å². The van der Waals surface area contributed by atoms with E-state index in [1.807, 2.05) is 13.8 Å². The summed E-state index contributed by atoms with van der Waals surface area (Å²) in [5.41, 5.74) is 12.3. The Kier molecular flexibility index (Phi) is 2.89. The summed E-state index contributed by atoms with van der Waals surface area (Å²) >= 11 is 0. The number of pyridine rings is 1. The van der Waals surface area contributed by atoms with E-state index in [-0.39, 0.29) is 17.6 Å². The molecule has 1 fully saturated rings. The van der Waals surface area contributed by atoms with Crippen LogP contribution < -0.4 is 11.5 Å². The first-order valence-corrected chi connectivity index (χ1v) is 5.55. The van der Waals surface area contributed by atoms with Crippen molar-refractivity contribution in [1.29, 1.82) is 0 Å². The van der Waals surface area contributed by atoms with Gasteiger partial charge in [0, 0.05) is 12.2 Å². The largest absolute Gasteiger partial charge is 0.383 e. The van der Waals surface area contributed by atoms with Crippen LogP contribution in [-0.4, -0.2) is 30.0 Å². The van der Waals surface area contributed by atoms with Gasteiger partial charge in [-0.15, -0.1) is 0 Å². The molecule has 2 atom stereocenters. The number of aromatic nitrogens is 1. The third-order valence-corrected chi connectivity index (χ3v) is 3.34. The first-order valence-electron chi connectivity index (χ1n) is 5.55. The number of hydrogen-bond donors (Lipinski definition) is 2. The van der Waals surface area contributed by atoms with Crippen molar-refractivity contribution < 1.29 is 9.53 Å². The molecule has 4 N–H and O–H groups in total. The number of Topliss-reactive ketones (excluding diaryl/α,β-unsaturated/α-hetero) is 1. The Morgan fingerprint density at radius 1 is 1.65 bits per heavy atom. The molecule has 5 nitrogen and oxygen atoms in total. The van der Waals surface area contributed by atoms with Gasteiger partial charge in [-0.1, -0.05) is 0 Å². The van der Waals surface area contributed by atoms with Gasteiger partial charge in [0.1, 0.15) is 5.82 Å². The average Bonchev–Trinajstić information content (AvgIpc) is 2.63. The molecule has 0 spiro atoms. The standard InChI is InChI=1S/C12H17N3O2/c1-7-3-8(11(14)15-4-7)10(16)12(2)6-17-5-9(12)13/h3-4,9H,5-6,13H2,1-2H3,(H2,14,15). The number of ether oxygens (including phenoxy) is 1. The van der Waals surface area contributed by atoms with Gasteiger partial charge in [0.25, 0.3) is 0 Å². The zero-order valence-electron chi connectivity index (χ0n) is 10.1. The Morgan fingerprint density at radius 2 is 2.35 bits per heavy atom. The molecule has 2 heterocycles. The van der Waals surface area contributed by atoms with Crippen molar-refractivity contribution in [1.82, 2.24) is 4.98 Å². The van der Waals surface area contributed by atoms with E-state index in [9.17, 15) is 4.79 Å². The molecule has 92 valence electrons. The maximum Gasteiger partial charge on any atom is 0.176 e.